The van der Waals surface area contributed by atoms with Gasteiger partial charge in [-0.25, -0.2) is 24.0 Å². The molecule has 0 heterocycles. The predicted octanol–water partition coefficient (Wildman–Crippen LogP) is 8.61. The van der Waals surface area contributed by atoms with Crippen molar-refractivity contribution < 1.29 is 125 Å². The van der Waals surface area contributed by atoms with Crippen LogP contribution in [0.25, 0.3) is 18.2 Å². The van der Waals surface area contributed by atoms with E-state index in [0.29, 0.717) is 25.4 Å². The molecule has 90 heavy (non-hydrogen) atoms. The summed E-state index contributed by atoms with van der Waals surface area (Å²) < 4.78 is 98.1. The zero-order chi connectivity index (χ0) is 64.4. The molecule has 0 saturated carbocycles. The van der Waals surface area contributed by atoms with Crippen LogP contribution < -0.4 is 5.50 Å². The number of allylic oxidation sites excluding steroid dienone is 2. The normalized spacial score (nSPS) is 12.6. The quantitative estimate of drug-likeness (QED) is 0.00906. The van der Waals surface area contributed by atoms with Crippen LogP contribution in [0.2, 0.25) is 0 Å². The smallest absolute Gasteiger partial charge is 0.345 e. The monoisotopic (exact) mass is 1510 g/mol. The topological polar surface area (TPSA) is 304 Å². The van der Waals surface area contributed by atoms with Gasteiger partial charge in [0.2, 0.25) is 0 Å². The Morgan fingerprint density at radius 3 is 1.19 bits per heavy atom. The molecule has 0 aliphatic heterocycles. The fourth-order valence-corrected chi connectivity index (χ4v) is 11.4. The fourth-order valence-electron chi connectivity index (χ4n) is 5.97. The van der Waals surface area contributed by atoms with E-state index in [-0.39, 0.29) is 166 Å². The van der Waals surface area contributed by atoms with Crippen LogP contribution in [-0.2, 0) is 120 Å². The molecule has 30 heteroatoms. The van der Waals surface area contributed by atoms with E-state index in [9.17, 15) is 24.0 Å². The van der Waals surface area contributed by atoms with E-state index >= 15 is 0 Å². The van der Waals surface area contributed by atoms with Crippen molar-refractivity contribution in [3.8, 4) is 0 Å². The molecule has 0 aliphatic carbocycles. The van der Waals surface area contributed by atoms with Crippen molar-refractivity contribution in [2.45, 2.75) is 6.42 Å². The standard InChI is InChI=1S/C47H68N3O19P3.C13H16O3S.W/c1-3-5-8-17-45(53)62-34-25-59-31-40-68-72(49-70-65-37-28-56-23-22-51,69-41-32-60-27-36-64-47(55)21-19-43-15-11-7-12-16-43)50-71(48,66-38-29-57-24-33-61-44(52)4-2)67-39-30-58-26-35-63-46(54)20-18-42-13-9-6-10-14-42;14-13(16-9-8-15-10-11-17)7-6-12-4-2-1-3-5-12;/h3-4,6-21,51,70H,1-2,5,22-41,48H2;1-7,17H,8-11H2;/b17-8+,20-18+,21-19+;7-6+;. The summed E-state index contributed by atoms with van der Waals surface area (Å²) in [5.41, 5.74) is 9.46. The minimum atomic E-state index is -3.90. The summed E-state index contributed by atoms with van der Waals surface area (Å²) in [6.45, 7) is 7.48. The number of aliphatic hydroxyl groups excluding tert-OH is 1. The summed E-state index contributed by atoms with van der Waals surface area (Å²) in [4.78, 5) is 59.1. The number of nitrogens with zero attached hydrogens (tertiary/aromatic N) is 2. The zero-order valence-electron chi connectivity index (χ0n) is 50.3. The third-order valence-corrected chi connectivity index (χ3v) is 15.9. The Bertz CT molecular complexity index is 2650. The molecule has 0 saturated heterocycles. The van der Waals surface area contributed by atoms with E-state index in [1.807, 2.05) is 91.0 Å². The van der Waals surface area contributed by atoms with Gasteiger partial charge in [-0.1, -0.05) is 110 Å². The van der Waals surface area contributed by atoms with Gasteiger partial charge in [0.15, 0.2) is 0 Å². The van der Waals surface area contributed by atoms with E-state index < -0.39 is 48.2 Å². The number of hydrogen-bond donors (Lipinski definition) is 3. The number of carbonyl (C=O) groups is 5. The van der Waals surface area contributed by atoms with Crippen LogP contribution in [-0.4, -0.2) is 193 Å². The number of nitrogens with two attached hydrogens (primary N) is 1. The van der Waals surface area contributed by atoms with E-state index in [0.717, 1.165) is 22.8 Å². The molecule has 3 aromatic carbocycles. The second kappa shape index (κ2) is 57.7. The number of benzene rings is 3. The average molecular weight is 1510 g/mol. The number of esters is 5. The molecule has 25 nitrogen and oxygen atoms in total. The molecule has 3 N–H and O–H groups in total. The molecule has 0 aliphatic rings. The Morgan fingerprint density at radius 1 is 0.467 bits per heavy atom. The minimum Gasteiger partial charge on any atom is -0.460 e. The summed E-state index contributed by atoms with van der Waals surface area (Å²) in [5.74, 6) is -1.94. The van der Waals surface area contributed by atoms with Gasteiger partial charge in [0.05, 0.1) is 119 Å². The molecule has 3 atom stereocenters. The molecule has 0 aromatic heterocycles. The Balaban J connectivity index is 0.00000193. The molecular formula is C60H84N3O22P3SW. The first kappa shape index (κ1) is 82.9. The molecule has 0 radical (unpaired) electrons. The minimum absolute atomic E-state index is 0. The third-order valence-electron chi connectivity index (χ3n) is 9.97. The van der Waals surface area contributed by atoms with Crippen LogP contribution in [0.3, 0.4) is 0 Å². The molecule has 3 rings (SSSR count). The summed E-state index contributed by atoms with van der Waals surface area (Å²) in [6.07, 6.45) is 15.1. The van der Waals surface area contributed by atoms with Crippen molar-refractivity contribution in [2.75, 3.05) is 158 Å². The van der Waals surface area contributed by atoms with Crippen molar-refractivity contribution in [1.82, 2.24) is 0 Å². The Hall–Kier alpha value is -5.14. The van der Waals surface area contributed by atoms with E-state index in [1.54, 1.807) is 30.4 Å². The summed E-state index contributed by atoms with van der Waals surface area (Å²) >= 11 is 3.99. The first-order valence-electron chi connectivity index (χ1n) is 28.0. The van der Waals surface area contributed by atoms with Crippen molar-refractivity contribution in [2.24, 2.45) is 14.5 Å². The molecule has 3 aromatic rings. The van der Waals surface area contributed by atoms with Gasteiger partial charge in [0.1, 0.15) is 42.0 Å². The Morgan fingerprint density at radius 2 is 0.811 bits per heavy atom. The van der Waals surface area contributed by atoms with Gasteiger partial charge >= 0.3 is 37.5 Å². The molecular weight excluding hydrogens is 1420 g/mol. The van der Waals surface area contributed by atoms with Gasteiger partial charge in [-0.2, -0.15) is 17.1 Å². The van der Waals surface area contributed by atoms with E-state index in [4.69, 9.17) is 89.9 Å². The molecule has 3 unspecified atom stereocenters. The van der Waals surface area contributed by atoms with Gasteiger partial charge in [-0.05, 0) is 41.3 Å². The van der Waals surface area contributed by atoms with Crippen LogP contribution in [0, 0.1) is 0 Å². The number of rotatable bonds is 51. The first-order valence-corrected chi connectivity index (χ1v) is 32.7. The molecule has 0 amide bonds. The second-order valence-electron chi connectivity index (χ2n) is 16.8. The molecule has 0 fully saturated rings. The van der Waals surface area contributed by atoms with Crippen LogP contribution in [0.4, 0.5) is 0 Å². The number of carbonyl (C=O) groups excluding carboxylic acids is 5. The largest absolute Gasteiger partial charge is 0.460 e. The summed E-state index contributed by atoms with van der Waals surface area (Å²) in [5, 5.41) is 9.08. The summed E-state index contributed by atoms with van der Waals surface area (Å²) in [7, 11) is -8.43. The van der Waals surface area contributed by atoms with E-state index in [1.165, 1.54) is 24.3 Å². The SMILES string of the molecule is C=CC/C=C/C(=O)OCCOCCOP(N=P(N)(OCCOCCOC(=O)C=C)OCCOCCOC(=O)/C=C/c1ccccc1)(=NPOCCOCCO)OCCOCCOC(=O)/C=C/c1ccccc1.O=C(/C=C/c1ccccc1)OCCOCCS.[W]. The van der Waals surface area contributed by atoms with Crippen LogP contribution >= 0.6 is 36.9 Å². The third kappa shape index (κ3) is 47.7. The van der Waals surface area contributed by atoms with Gasteiger partial charge in [-0.15, -0.1) is 11.1 Å². The second-order valence-corrected chi connectivity index (χ2v) is 22.4. The average Bonchev–Trinajstić information content (AvgIpc) is 3.73. The maximum Gasteiger partial charge on any atom is 0.345 e. The maximum atomic E-state index is 12.3. The molecule has 0 bridgehead atoms. The van der Waals surface area contributed by atoms with Crippen LogP contribution in [0.15, 0.2) is 156 Å². The Kier molecular flexibility index (Phi) is 53.2. The number of hydrogen-bond acceptors (Lipinski definition) is 24. The predicted molar refractivity (Wildman–Crippen MR) is 342 cm³/mol. The van der Waals surface area contributed by atoms with Gasteiger partial charge < -0.3 is 79.8 Å². The molecule has 0 spiro atoms. The van der Waals surface area contributed by atoms with Gasteiger partial charge in [0.25, 0.3) is 7.66 Å². The maximum absolute atomic E-state index is 12.3. The van der Waals surface area contributed by atoms with Crippen molar-refractivity contribution in [3.05, 3.63) is 163 Å². The van der Waals surface area contributed by atoms with Gasteiger partial charge in [0, 0.05) is 57.2 Å². The molecule has 498 valence electrons. The van der Waals surface area contributed by atoms with E-state index in [2.05, 4.69) is 30.3 Å². The summed E-state index contributed by atoms with van der Waals surface area (Å²) in [6, 6.07) is 28.1. The first-order chi connectivity index (χ1) is 43.4. The van der Waals surface area contributed by atoms with Crippen molar-refractivity contribution in [3.63, 3.8) is 0 Å². The number of ether oxygens (including phenoxy) is 11. The number of aliphatic hydroxyl groups is 1. The van der Waals surface area contributed by atoms with Crippen LogP contribution in [0.1, 0.15) is 23.1 Å². The van der Waals surface area contributed by atoms with Crippen molar-refractivity contribution >= 4 is 85.0 Å². The van der Waals surface area contributed by atoms with Gasteiger partial charge in [-0.3, -0.25) is 5.50 Å². The fraction of sp³-hybridized carbons (Fsp3) is 0.417. The zero-order valence-corrected chi connectivity index (χ0v) is 56.9. The van der Waals surface area contributed by atoms with Crippen molar-refractivity contribution in [1.29, 1.82) is 0 Å². The Labute approximate surface area is 549 Å². The number of thiol groups is 1. The van der Waals surface area contributed by atoms with Crippen LogP contribution in [0.5, 0.6) is 0 Å².